The van der Waals surface area contributed by atoms with Crippen molar-refractivity contribution >= 4 is 34.2 Å². The monoisotopic (exact) mass is 404 g/mol. The molecule has 1 aromatic heterocycles. The van der Waals surface area contributed by atoms with Crippen LogP contribution in [0.3, 0.4) is 0 Å². The first kappa shape index (κ1) is 14.7. The van der Waals surface area contributed by atoms with Gasteiger partial charge in [0.2, 0.25) is 0 Å². The molecule has 5 nitrogen and oxygen atoms in total. The number of nitrogens with one attached hydrogen (secondary N) is 1. The van der Waals surface area contributed by atoms with Crippen molar-refractivity contribution in [1.82, 2.24) is 14.8 Å². The van der Waals surface area contributed by atoms with Crippen molar-refractivity contribution in [2.45, 2.75) is 6.54 Å². The van der Waals surface area contributed by atoms with Crippen molar-refractivity contribution in [2.75, 3.05) is 5.32 Å². The van der Waals surface area contributed by atoms with Gasteiger partial charge in [-0.1, -0.05) is 18.2 Å². The zero-order valence-corrected chi connectivity index (χ0v) is 13.8. The van der Waals surface area contributed by atoms with Crippen LogP contribution in [0.1, 0.15) is 15.9 Å². The Kier molecular flexibility index (Phi) is 4.47. The summed E-state index contributed by atoms with van der Waals surface area (Å²) >= 11 is 2.19. The Hall–Kier alpha value is -2.22. The number of benzene rings is 2. The van der Waals surface area contributed by atoms with Gasteiger partial charge in [0, 0.05) is 14.8 Å². The lowest BCUT2D eigenvalue weighted by atomic mass is 10.2. The third kappa shape index (κ3) is 3.70. The van der Waals surface area contributed by atoms with Crippen LogP contribution in [0, 0.1) is 3.57 Å². The largest absolute Gasteiger partial charge is 0.322 e. The van der Waals surface area contributed by atoms with Gasteiger partial charge in [-0.15, -0.1) is 0 Å². The fourth-order valence-electron chi connectivity index (χ4n) is 2.03. The molecule has 0 aliphatic rings. The Labute approximate surface area is 141 Å². The summed E-state index contributed by atoms with van der Waals surface area (Å²) in [5, 5.41) is 6.96. The number of nitrogens with zero attached hydrogens (tertiary/aromatic N) is 3. The molecule has 2 aromatic carbocycles. The predicted octanol–water partition coefficient (Wildman–Crippen LogP) is 3.18. The topological polar surface area (TPSA) is 59.8 Å². The molecule has 0 radical (unpaired) electrons. The Morgan fingerprint density at radius 2 is 2.00 bits per heavy atom. The predicted molar refractivity (Wildman–Crippen MR) is 92.7 cm³/mol. The van der Waals surface area contributed by atoms with E-state index in [0.717, 1.165) is 14.8 Å². The second kappa shape index (κ2) is 6.69. The van der Waals surface area contributed by atoms with E-state index >= 15 is 0 Å². The molecular formula is C16H13IN4O. The molecule has 0 bridgehead atoms. The number of anilines is 1. The van der Waals surface area contributed by atoms with E-state index in [2.05, 4.69) is 38.0 Å². The average molecular weight is 404 g/mol. The molecule has 0 saturated heterocycles. The van der Waals surface area contributed by atoms with Crippen molar-refractivity contribution in [3.63, 3.8) is 0 Å². The molecule has 0 saturated carbocycles. The minimum atomic E-state index is -0.109. The molecule has 0 aliphatic carbocycles. The second-order valence-electron chi connectivity index (χ2n) is 4.75. The lowest BCUT2D eigenvalue weighted by Gasteiger charge is -2.07. The molecule has 1 amide bonds. The summed E-state index contributed by atoms with van der Waals surface area (Å²) in [5.74, 6) is -0.109. The highest BCUT2D eigenvalue weighted by atomic mass is 127. The maximum absolute atomic E-state index is 12.2. The van der Waals surface area contributed by atoms with Gasteiger partial charge in [-0.3, -0.25) is 4.79 Å². The molecule has 0 unspecified atom stereocenters. The molecule has 0 fully saturated rings. The number of carbonyl (C=O) groups excluding carboxylic acids is 1. The molecule has 110 valence electrons. The lowest BCUT2D eigenvalue weighted by Crippen LogP contribution is -2.12. The van der Waals surface area contributed by atoms with Gasteiger partial charge in [-0.2, -0.15) is 5.10 Å². The van der Waals surface area contributed by atoms with Crippen LogP contribution in [0.2, 0.25) is 0 Å². The molecule has 1 heterocycles. The minimum Gasteiger partial charge on any atom is -0.322 e. The van der Waals surface area contributed by atoms with Crippen LogP contribution in [-0.4, -0.2) is 20.7 Å². The third-order valence-electron chi connectivity index (χ3n) is 3.11. The van der Waals surface area contributed by atoms with Gasteiger partial charge >= 0.3 is 0 Å². The highest BCUT2D eigenvalue weighted by molar-refractivity contribution is 14.1. The van der Waals surface area contributed by atoms with Crippen molar-refractivity contribution in [2.24, 2.45) is 0 Å². The quantitative estimate of drug-likeness (QED) is 0.680. The maximum atomic E-state index is 12.2. The van der Waals surface area contributed by atoms with E-state index in [1.54, 1.807) is 17.1 Å². The molecule has 1 N–H and O–H groups in total. The second-order valence-corrected chi connectivity index (χ2v) is 6.00. The minimum absolute atomic E-state index is 0.109. The average Bonchev–Trinajstić information content (AvgIpc) is 3.02. The fraction of sp³-hybridized carbons (Fsp3) is 0.0625. The van der Waals surface area contributed by atoms with Crippen LogP contribution in [0.25, 0.3) is 0 Å². The van der Waals surface area contributed by atoms with Crippen LogP contribution in [0.15, 0.2) is 61.2 Å². The van der Waals surface area contributed by atoms with Gasteiger partial charge in [0.1, 0.15) is 12.7 Å². The number of aromatic nitrogens is 3. The van der Waals surface area contributed by atoms with Crippen molar-refractivity contribution < 1.29 is 4.79 Å². The fourth-order valence-corrected chi connectivity index (χ4v) is 2.57. The van der Waals surface area contributed by atoms with E-state index in [9.17, 15) is 4.79 Å². The first-order chi connectivity index (χ1) is 10.7. The van der Waals surface area contributed by atoms with Gasteiger partial charge in [0.05, 0.1) is 6.54 Å². The van der Waals surface area contributed by atoms with Crippen molar-refractivity contribution in [1.29, 1.82) is 0 Å². The summed E-state index contributed by atoms with van der Waals surface area (Å²) < 4.78 is 2.79. The van der Waals surface area contributed by atoms with E-state index < -0.39 is 0 Å². The van der Waals surface area contributed by atoms with E-state index in [1.807, 2.05) is 42.5 Å². The standard InChI is InChI=1S/C16H13IN4O/c17-14-3-1-2-13(8-14)16(22)20-15-6-4-12(5-7-15)9-21-11-18-10-19-21/h1-8,10-11H,9H2,(H,20,22). The van der Waals surface area contributed by atoms with E-state index in [-0.39, 0.29) is 5.91 Å². The molecular weight excluding hydrogens is 391 g/mol. The molecule has 0 spiro atoms. The number of hydrogen-bond acceptors (Lipinski definition) is 3. The van der Waals surface area contributed by atoms with Crippen LogP contribution in [-0.2, 0) is 6.54 Å². The first-order valence-corrected chi connectivity index (χ1v) is 7.77. The maximum Gasteiger partial charge on any atom is 0.255 e. The third-order valence-corrected chi connectivity index (χ3v) is 3.78. The van der Waals surface area contributed by atoms with E-state index in [4.69, 9.17) is 0 Å². The van der Waals surface area contributed by atoms with Crippen LogP contribution in [0.4, 0.5) is 5.69 Å². The van der Waals surface area contributed by atoms with E-state index in [1.165, 1.54) is 6.33 Å². The van der Waals surface area contributed by atoms with Gasteiger partial charge in [0.25, 0.3) is 5.91 Å². The number of carbonyl (C=O) groups is 1. The summed E-state index contributed by atoms with van der Waals surface area (Å²) in [6.07, 6.45) is 3.18. The zero-order valence-electron chi connectivity index (χ0n) is 11.6. The van der Waals surface area contributed by atoms with Crippen molar-refractivity contribution in [3.8, 4) is 0 Å². The molecule has 6 heteroatoms. The Balaban J connectivity index is 1.67. The van der Waals surface area contributed by atoms with Gasteiger partial charge in [-0.25, -0.2) is 9.67 Å². The number of amides is 1. The van der Waals surface area contributed by atoms with Gasteiger partial charge in [-0.05, 0) is 58.5 Å². The smallest absolute Gasteiger partial charge is 0.255 e. The molecule has 3 aromatic rings. The van der Waals surface area contributed by atoms with E-state index in [0.29, 0.717) is 12.1 Å². The lowest BCUT2D eigenvalue weighted by molar-refractivity contribution is 0.102. The summed E-state index contributed by atoms with van der Waals surface area (Å²) in [4.78, 5) is 16.1. The summed E-state index contributed by atoms with van der Waals surface area (Å²) in [6.45, 7) is 0.658. The summed E-state index contributed by atoms with van der Waals surface area (Å²) in [7, 11) is 0. The highest BCUT2D eigenvalue weighted by Crippen LogP contribution is 2.13. The van der Waals surface area contributed by atoms with Crippen LogP contribution < -0.4 is 5.32 Å². The first-order valence-electron chi connectivity index (χ1n) is 6.69. The zero-order chi connectivity index (χ0) is 15.4. The van der Waals surface area contributed by atoms with Gasteiger partial charge in [0.15, 0.2) is 0 Å². The SMILES string of the molecule is O=C(Nc1ccc(Cn2cncn2)cc1)c1cccc(I)c1. The molecule has 0 aliphatic heterocycles. The van der Waals surface area contributed by atoms with Crippen LogP contribution >= 0.6 is 22.6 Å². The highest BCUT2D eigenvalue weighted by Gasteiger charge is 2.06. The van der Waals surface area contributed by atoms with Crippen LogP contribution in [0.5, 0.6) is 0 Å². The normalized spacial score (nSPS) is 10.4. The Morgan fingerprint density at radius 1 is 1.18 bits per heavy atom. The van der Waals surface area contributed by atoms with Crippen molar-refractivity contribution in [3.05, 3.63) is 75.9 Å². The molecule has 3 rings (SSSR count). The Morgan fingerprint density at radius 3 is 2.68 bits per heavy atom. The number of hydrogen-bond donors (Lipinski definition) is 1. The molecule has 0 atom stereocenters. The number of halogens is 1. The summed E-state index contributed by atoms with van der Waals surface area (Å²) in [5.41, 5.74) is 2.52. The molecule has 22 heavy (non-hydrogen) atoms. The summed E-state index contributed by atoms with van der Waals surface area (Å²) in [6, 6.07) is 15.2. The Bertz CT molecular complexity index is 769. The number of rotatable bonds is 4. The van der Waals surface area contributed by atoms with Gasteiger partial charge < -0.3 is 5.32 Å².